The summed E-state index contributed by atoms with van der Waals surface area (Å²) in [5.41, 5.74) is 1.68. The number of pyridine rings is 1. The molecule has 0 N–H and O–H groups in total. The van der Waals surface area contributed by atoms with Gasteiger partial charge in [0.25, 0.3) is 0 Å². The zero-order chi connectivity index (χ0) is 11.3. The van der Waals surface area contributed by atoms with E-state index in [0.717, 1.165) is 11.3 Å². The smallest absolute Gasteiger partial charge is 0.226 e. The molecule has 80 valence electrons. The van der Waals surface area contributed by atoms with Crippen LogP contribution < -0.4 is 0 Å². The molecule has 1 aromatic rings. The van der Waals surface area contributed by atoms with Crippen molar-refractivity contribution in [3.63, 3.8) is 0 Å². The minimum atomic E-state index is 0.0966. The zero-order valence-corrected chi connectivity index (χ0v) is 9.23. The summed E-state index contributed by atoms with van der Waals surface area (Å²) >= 11 is 0. The SMILES string of the molecule is C=C(c1ccncc1)N(CC)C(=O)CC. The molecule has 0 aliphatic heterocycles. The molecule has 0 aliphatic rings. The van der Waals surface area contributed by atoms with Crippen LogP contribution in [0, 0.1) is 0 Å². The van der Waals surface area contributed by atoms with Gasteiger partial charge in [-0.25, -0.2) is 0 Å². The number of carbonyl (C=O) groups excluding carboxylic acids is 1. The number of carbonyl (C=O) groups is 1. The van der Waals surface area contributed by atoms with Crippen LogP contribution in [-0.2, 0) is 4.79 Å². The van der Waals surface area contributed by atoms with E-state index in [4.69, 9.17) is 0 Å². The van der Waals surface area contributed by atoms with Crippen LogP contribution in [0.1, 0.15) is 25.8 Å². The molecule has 0 bridgehead atoms. The van der Waals surface area contributed by atoms with Gasteiger partial charge in [-0.2, -0.15) is 0 Å². The van der Waals surface area contributed by atoms with Gasteiger partial charge < -0.3 is 4.90 Å². The fourth-order valence-corrected chi connectivity index (χ4v) is 1.41. The fourth-order valence-electron chi connectivity index (χ4n) is 1.41. The van der Waals surface area contributed by atoms with E-state index in [0.29, 0.717) is 13.0 Å². The summed E-state index contributed by atoms with van der Waals surface area (Å²) in [4.78, 5) is 17.2. The summed E-state index contributed by atoms with van der Waals surface area (Å²) in [6.07, 6.45) is 3.90. The van der Waals surface area contributed by atoms with E-state index in [1.807, 2.05) is 26.0 Å². The number of nitrogens with zero attached hydrogens (tertiary/aromatic N) is 2. The molecule has 3 nitrogen and oxygen atoms in total. The van der Waals surface area contributed by atoms with Crippen molar-refractivity contribution in [3.05, 3.63) is 36.7 Å². The second-order valence-electron chi connectivity index (χ2n) is 3.17. The highest BCUT2D eigenvalue weighted by Gasteiger charge is 2.13. The lowest BCUT2D eigenvalue weighted by molar-refractivity contribution is -0.127. The van der Waals surface area contributed by atoms with E-state index in [2.05, 4.69) is 11.6 Å². The van der Waals surface area contributed by atoms with Crippen LogP contribution in [-0.4, -0.2) is 22.3 Å². The van der Waals surface area contributed by atoms with Gasteiger partial charge >= 0.3 is 0 Å². The first-order chi connectivity index (χ1) is 7.20. The fraction of sp³-hybridized carbons (Fsp3) is 0.333. The Hall–Kier alpha value is -1.64. The summed E-state index contributed by atoms with van der Waals surface area (Å²) in [6, 6.07) is 3.71. The predicted octanol–water partition coefficient (Wildman–Crippen LogP) is 2.31. The van der Waals surface area contributed by atoms with Crippen LogP contribution in [0.15, 0.2) is 31.1 Å². The van der Waals surface area contributed by atoms with Gasteiger partial charge in [0.05, 0.1) is 0 Å². The molecule has 1 aromatic heterocycles. The molecule has 0 unspecified atom stereocenters. The monoisotopic (exact) mass is 204 g/mol. The average molecular weight is 204 g/mol. The standard InChI is InChI=1S/C12H16N2O/c1-4-12(15)14(5-2)10(3)11-6-8-13-9-7-11/h6-9H,3-5H2,1-2H3. The van der Waals surface area contributed by atoms with Gasteiger partial charge in [0.15, 0.2) is 0 Å². The molecule has 15 heavy (non-hydrogen) atoms. The first-order valence-corrected chi connectivity index (χ1v) is 5.10. The Morgan fingerprint density at radius 2 is 2.00 bits per heavy atom. The molecule has 1 heterocycles. The van der Waals surface area contributed by atoms with E-state index in [-0.39, 0.29) is 5.91 Å². The summed E-state index contributed by atoms with van der Waals surface area (Å²) in [5.74, 6) is 0.0966. The Labute approximate surface area is 90.4 Å². The second kappa shape index (κ2) is 5.29. The molecule has 3 heteroatoms. The first kappa shape index (κ1) is 11.4. The maximum Gasteiger partial charge on any atom is 0.226 e. The summed E-state index contributed by atoms with van der Waals surface area (Å²) in [6.45, 7) is 8.39. The minimum Gasteiger partial charge on any atom is -0.313 e. The number of hydrogen-bond acceptors (Lipinski definition) is 2. The lowest BCUT2D eigenvalue weighted by Crippen LogP contribution is -2.28. The highest BCUT2D eigenvalue weighted by molar-refractivity contribution is 5.85. The van der Waals surface area contributed by atoms with Crippen LogP contribution in [0.25, 0.3) is 5.70 Å². The molecule has 0 aromatic carbocycles. The lowest BCUT2D eigenvalue weighted by atomic mass is 10.2. The van der Waals surface area contributed by atoms with Crippen molar-refractivity contribution >= 4 is 11.6 Å². The lowest BCUT2D eigenvalue weighted by Gasteiger charge is -2.22. The first-order valence-electron chi connectivity index (χ1n) is 5.10. The molecule has 0 aliphatic carbocycles. The zero-order valence-electron chi connectivity index (χ0n) is 9.23. The van der Waals surface area contributed by atoms with Gasteiger partial charge in [0.2, 0.25) is 5.91 Å². The highest BCUT2D eigenvalue weighted by atomic mass is 16.2. The Morgan fingerprint density at radius 1 is 1.40 bits per heavy atom. The number of amides is 1. The molecule has 0 saturated heterocycles. The molecule has 1 amide bonds. The van der Waals surface area contributed by atoms with Gasteiger partial charge in [-0.15, -0.1) is 0 Å². The largest absolute Gasteiger partial charge is 0.313 e. The second-order valence-corrected chi connectivity index (χ2v) is 3.17. The maximum atomic E-state index is 11.6. The molecule has 0 saturated carbocycles. The van der Waals surface area contributed by atoms with Crippen molar-refractivity contribution in [2.45, 2.75) is 20.3 Å². The molecular formula is C12H16N2O. The number of rotatable bonds is 4. The minimum absolute atomic E-state index is 0.0966. The Bertz CT molecular complexity index is 346. The third-order valence-electron chi connectivity index (χ3n) is 2.26. The van der Waals surface area contributed by atoms with E-state index in [9.17, 15) is 4.79 Å². The van der Waals surface area contributed by atoms with E-state index < -0.39 is 0 Å². The maximum absolute atomic E-state index is 11.6. The predicted molar refractivity (Wildman–Crippen MR) is 60.9 cm³/mol. The molecule has 0 atom stereocenters. The average Bonchev–Trinajstić information content (AvgIpc) is 2.30. The van der Waals surface area contributed by atoms with Crippen molar-refractivity contribution < 1.29 is 4.79 Å². The van der Waals surface area contributed by atoms with Crippen LogP contribution in [0.2, 0.25) is 0 Å². The Morgan fingerprint density at radius 3 is 2.47 bits per heavy atom. The van der Waals surface area contributed by atoms with E-state index in [1.54, 1.807) is 17.3 Å². The van der Waals surface area contributed by atoms with Crippen LogP contribution >= 0.6 is 0 Å². The molecule has 0 radical (unpaired) electrons. The third kappa shape index (κ3) is 2.65. The molecular weight excluding hydrogens is 188 g/mol. The van der Waals surface area contributed by atoms with E-state index in [1.165, 1.54) is 0 Å². The van der Waals surface area contributed by atoms with Gasteiger partial charge in [-0.05, 0) is 19.1 Å². The van der Waals surface area contributed by atoms with Gasteiger partial charge in [-0.3, -0.25) is 9.78 Å². The van der Waals surface area contributed by atoms with Gasteiger partial charge in [0, 0.05) is 36.6 Å². The normalized spacial score (nSPS) is 9.73. The van der Waals surface area contributed by atoms with Gasteiger partial charge in [-0.1, -0.05) is 13.5 Å². The van der Waals surface area contributed by atoms with E-state index >= 15 is 0 Å². The van der Waals surface area contributed by atoms with Crippen molar-refractivity contribution in [1.82, 2.24) is 9.88 Å². The molecule has 0 fully saturated rings. The molecule has 0 spiro atoms. The summed E-state index contributed by atoms with van der Waals surface area (Å²) in [5, 5.41) is 0. The van der Waals surface area contributed by atoms with Crippen molar-refractivity contribution in [1.29, 1.82) is 0 Å². The van der Waals surface area contributed by atoms with Crippen molar-refractivity contribution in [2.75, 3.05) is 6.54 Å². The number of aromatic nitrogens is 1. The topological polar surface area (TPSA) is 33.2 Å². The third-order valence-corrected chi connectivity index (χ3v) is 2.26. The Balaban J connectivity index is 2.87. The quantitative estimate of drug-likeness (QED) is 0.754. The van der Waals surface area contributed by atoms with Crippen LogP contribution in [0.4, 0.5) is 0 Å². The van der Waals surface area contributed by atoms with Crippen LogP contribution in [0.3, 0.4) is 0 Å². The van der Waals surface area contributed by atoms with Crippen molar-refractivity contribution in [3.8, 4) is 0 Å². The van der Waals surface area contributed by atoms with Crippen LogP contribution in [0.5, 0.6) is 0 Å². The summed E-state index contributed by atoms with van der Waals surface area (Å²) < 4.78 is 0. The Kier molecular flexibility index (Phi) is 4.03. The van der Waals surface area contributed by atoms with Crippen molar-refractivity contribution in [2.24, 2.45) is 0 Å². The van der Waals surface area contributed by atoms with Gasteiger partial charge in [0.1, 0.15) is 0 Å². The number of hydrogen-bond donors (Lipinski definition) is 0. The highest BCUT2D eigenvalue weighted by Crippen LogP contribution is 2.16. The molecule has 1 rings (SSSR count). The summed E-state index contributed by atoms with van der Waals surface area (Å²) in [7, 11) is 0.